The van der Waals surface area contributed by atoms with Crippen molar-refractivity contribution < 1.29 is 14.0 Å². The molecule has 0 fully saturated rings. The first-order valence-electron chi connectivity index (χ1n) is 10.0. The number of rotatable bonds is 3. The van der Waals surface area contributed by atoms with Crippen molar-refractivity contribution in [2.75, 3.05) is 4.90 Å². The van der Waals surface area contributed by atoms with Crippen LogP contribution in [0.25, 0.3) is 0 Å². The molecule has 2 amide bonds. The summed E-state index contributed by atoms with van der Waals surface area (Å²) in [5.41, 5.74) is 7.43. The van der Waals surface area contributed by atoms with E-state index in [1.807, 2.05) is 17.0 Å². The van der Waals surface area contributed by atoms with Crippen molar-refractivity contribution in [2.24, 2.45) is 4.99 Å². The van der Waals surface area contributed by atoms with Crippen molar-refractivity contribution in [3.8, 4) is 0 Å². The zero-order valence-electron chi connectivity index (χ0n) is 17.3. The molecule has 2 aliphatic rings. The summed E-state index contributed by atoms with van der Waals surface area (Å²) in [4.78, 5) is 41.2. The van der Waals surface area contributed by atoms with E-state index in [2.05, 4.69) is 25.8 Å². The number of fused-ring (bicyclic) bond motifs is 3. The molecule has 0 bridgehead atoms. The van der Waals surface area contributed by atoms with E-state index in [4.69, 9.17) is 0 Å². The van der Waals surface area contributed by atoms with Crippen molar-refractivity contribution in [2.45, 2.75) is 17.9 Å². The van der Waals surface area contributed by atoms with Crippen molar-refractivity contribution in [1.82, 2.24) is 20.8 Å². The average molecular weight is 460 g/mol. The highest BCUT2D eigenvalue weighted by Gasteiger charge is 2.42. The standard InChI is InChI=1S/C23H17FN6O2S/c1-13-19(22(32)29-28-21(31)14-7-10-25-11-8-14)20(16-4-2-3-9-26-16)30-17-6-5-15(24)12-18(17)33-23(30)27-13/h2-12,20H,1H3,(H,28,31)(H,29,32). The van der Waals surface area contributed by atoms with Crippen LogP contribution in [0, 0.1) is 5.82 Å². The van der Waals surface area contributed by atoms with Crippen LogP contribution in [-0.2, 0) is 4.79 Å². The molecule has 0 saturated heterocycles. The molecule has 0 radical (unpaired) electrons. The minimum atomic E-state index is -0.615. The Morgan fingerprint density at radius 3 is 2.58 bits per heavy atom. The largest absolute Gasteiger partial charge is 0.306 e. The number of pyridine rings is 2. The van der Waals surface area contributed by atoms with E-state index in [-0.39, 0.29) is 5.82 Å². The summed E-state index contributed by atoms with van der Waals surface area (Å²) in [6, 6.07) is 12.4. The van der Waals surface area contributed by atoms with E-state index in [1.165, 1.54) is 48.4 Å². The molecule has 10 heteroatoms. The lowest BCUT2D eigenvalue weighted by Crippen LogP contribution is -2.46. The number of aromatic nitrogens is 2. The number of carbonyl (C=O) groups excluding carboxylic acids is 2. The Hall–Kier alpha value is -4.05. The van der Waals surface area contributed by atoms with Gasteiger partial charge in [-0.25, -0.2) is 9.38 Å². The Morgan fingerprint density at radius 1 is 1.03 bits per heavy atom. The molecule has 1 atom stereocenters. The number of anilines is 1. The van der Waals surface area contributed by atoms with E-state index in [0.29, 0.717) is 32.6 Å². The number of hydrogen-bond donors (Lipinski definition) is 2. The maximum absolute atomic E-state index is 13.9. The second kappa shape index (κ2) is 8.47. The summed E-state index contributed by atoms with van der Waals surface area (Å²) in [5.74, 6) is -1.34. The van der Waals surface area contributed by atoms with Crippen LogP contribution < -0.4 is 15.8 Å². The van der Waals surface area contributed by atoms with Crippen LogP contribution in [0.4, 0.5) is 10.1 Å². The number of hydrogen-bond acceptors (Lipinski definition) is 7. The lowest BCUT2D eigenvalue weighted by atomic mass is 9.97. The van der Waals surface area contributed by atoms with Crippen LogP contribution in [0.2, 0.25) is 0 Å². The highest BCUT2D eigenvalue weighted by atomic mass is 32.2. The number of hydrazine groups is 1. The number of benzene rings is 1. The molecule has 1 aromatic carbocycles. The first kappa shape index (κ1) is 20.8. The summed E-state index contributed by atoms with van der Waals surface area (Å²) in [6.45, 7) is 1.73. The quantitative estimate of drug-likeness (QED) is 0.582. The maximum Gasteiger partial charge on any atom is 0.269 e. The zero-order chi connectivity index (χ0) is 22.9. The summed E-state index contributed by atoms with van der Waals surface area (Å²) in [7, 11) is 0. The third-order valence-electron chi connectivity index (χ3n) is 5.22. The minimum absolute atomic E-state index is 0.324. The Bertz CT molecular complexity index is 1310. The molecule has 2 aromatic heterocycles. The molecule has 164 valence electrons. The Kier molecular flexibility index (Phi) is 5.35. The molecule has 8 nitrogen and oxygen atoms in total. The molecule has 1 unspecified atom stereocenters. The van der Waals surface area contributed by atoms with Gasteiger partial charge in [0, 0.05) is 29.0 Å². The van der Waals surface area contributed by atoms with Gasteiger partial charge in [0.05, 0.1) is 22.7 Å². The molecule has 0 spiro atoms. The van der Waals surface area contributed by atoms with Crippen LogP contribution >= 0.6 is 11.8 Å². The fourth-order valence-corrected chi connectivity index (χ4v) is 4.86. The van der Waals surface area contributed by atoms with Gasteiger partial charge in [-0.1, -0.05) is 6.07 Å². The van der Waals surface area contributed by atoms with Gasteiger partial charge in [0.2, 0.25) is 0 Å². The number of halogens is 1. The summed E-state index contributed by atoms with van der Waals surface area (Å²) in [5, 5.41) is 0.626. The second-order valence-electron chi connectivity index (χ2n) is 7.28. The predicted octanol–water partition coefficient (Wildman–Crippen LogP) is 3.37. The SMILES string of the molecule is CC1=C(C(=O)NNC(=O)c2ccncc2)C(c2ccccn2)N2C(=N1)Sc1cc(F)ccc12. The molecule has 2 aliphatic heterocycles. The normalized spacial score (nSPS) is 16.6. The van der Waals surface area contributed by atoms with Gasteiger partial charge in [-0.2, -0.15) is 0 Å². The van der Waals surface area contributed by atoms with Crippen molar-refractivity contribution in [1.29, 1.82) is 0 Å². The van der Waals surface area contributed by atoms with E-state index in [0.717, 1.165) is 5.69 Å². The van der Waals surface area contributed by atoms with Crippen LogP contribution in [0.5, 0.6) is 0 Å². The average Bonchev–Trinajstić information content (AvgIpc) is 3.19. The number of aliphatic imine (C=N–C) groups is 1. The molecule has 0 aliphatic carbocycles. The number of amidine groups is 1. The fourth-order valence-electron chi connectivity index (χ4n) is 3.74. The highest BCUT2D eigenvalue weighted by molar-refractivity contribution is 8.14. The molecule has 0 saturated carbocycles. The van der Waals surface area contributed by atoms with Gasteiger partial charge in [0.15, 0.2) is 5.17 Å². The molecular weight excluding hydrogens is 443 g/mol. The number of nitrogens with one attached hydrogen (secondary N) is 2. The third kappa shape index (κ3) is 3.85. The van der Waals surface area contributed by atoms with E-state index in [1.54, 1.807) is 25.3 Å². The molecular formula is C23H17FN6O2S. The molecule has 5 rings (SSSR count). The van der Waals surface area contributed by atoms with E-state index in [9.17, 15) is 14.0 Å². The van der Waals surface area contributed by atoms with Gasteiger partial charge < -0.3 is 4.90 Å². The van der Waals surface area contributed by atoms with Crippen molar-refractivity contribution >= 4 is 34.4 Å². The van der Waals surface area contributed by atoms with Gasteiger partial charge >= 0.3 is 0 Å². The van der Waals surface area contributed by atoms with Crippen molar-refractivity contribution in [3.63, 3.8) is 0 Å². The fraction of sp³-hybridized carbons (Fsp3) is 0.0870. The van der Waals surface area contributed by atoms with Crippen molar-refractivity contribution in [3.05, 3.63) is 95.5 Å². The molecule has 4 heterocycles. The maximum atomic E-state index is 13.9. The third-order valence-corrected chi connectivity index (χ3v) is 6.24. The van der Waals surface area contributed by atoms with Gasteiger partial charge in [0.25, 0.3) is 11.8 Å². The first-order valence-corrected chi connectivity index (χ1v) is 10.8. The van der Waals surface area contributed by atoms with Gasteiger partial charge in [-0.15, -0.1) is 0 Å². The van der Waals surface area contributed by atoms with E-state index < -0.39 is 17.9 Å². The predicted molar refractivity (Wildman–Crippen MR) is 122 cm³/mol. The van der Waals surface area contributed by atoms with Crippen LogP contribution in [0.15, 0.2) is 88.3 Å². The summed E-state index contributed by atoms with van der Waals surface area (Å²) in [6.07, 6.45) is 4.62. The summed E-state index contributed by atoms with van der Waals surface area (Å²) >= 11 is 1.33. The smallest absolute Gasteiger partial charge is 0.269 e. The monoisotopic (exact) mass is 460 g/mol. The van der Waals surface area contributed by atoms with E-state index >= 15 is 0 Å². The van der Waals surface area contributed by atoms with Crippen LogP contribution in [-0.4, -0.2) is 26.9 Å². The van der Waals surface area contributed by atoms with Gasteiger partial charge in [-0.05, 0) is 61.2 Å². The Labute approximate surface area is 192 Å². The molecule has 3 aromatic rings. The number of nitrogens with zero attached hydrogens (tertiary/aromatic N) is 4. The zero-order valence-corrected chi connectivity index (χ0v) is 18.1. The van der Waals surface area contributed by atoms with Crippen LogP contribution in [0.1, 0.15) is 29.0 Å². The molecule has 2 N–H and O–H groups in total. The molecule has 33 heavy (non-hydrogen) atoms. The number of thioether (sulfide) groups is 1. The minimum Gasteiger partial charge on any atom is -0.306 e. The Morgan fingerprint density at radius 2 is 1.82 bits per heavy atom. The Balaban J connectivity index is 1.50. The number of amides is 2. The lowest BCUT2D eigenvalue weighted by molar-refractivity contribution is -0.118. The summed E-state index contributed by atoms with van der Waals surface area (Å²) < 4.78 is 13.9. The van der Waals surface area contributed by atoms with Gasteiger partial charge in [-0.3, -0.25) is 30.4 Å². The first-order chi connectivity index (χ1) is 16.0. The van der Waals surface area contributed by atoms with Crippen LogP contribution in [0.3, 0.4) is 0 Å². The topological polar surface area (TPSA) is 99.6 Å². The lowest BCUT2D eigenvalue weighted by Gasteiger charge is -2.34. The number of carbonyl (C=O) groups is 2. The van der Waals surface area contributed by atoms with Gasteiger partial charge in [0.1, 0.15) is 11.9 Å². The number of allylic oxidation sites excluding steroid dienone is 1. The second-order valence-corrected chi connectivity index (χ2v) is 8.29. The highest BCUT2D eigenvalue weighted by Crippen LogP contribution is 2.49.